The Hall–Kier alpha value is -1.56. The highest BCUT2D eigenvalue weighted by Gasteiger charge is 2.15. The Morgan fingerprint density at radius 3 is 2.75 bits per heavy atom. The van der Waals surface area contributed by atoms with Gasteiger partial charge in [0.25, 0.3) is 0 Å². The summed E-state index contributed by atoms with van der Waals surface area (Å²) in [6.07, 6.45) is 4.60. The summed E-state index contributed by atoms with van der Waals surface area (Å²) in [5.74, 6) is 0. The van der Waals surface area contributed by atoms with Crippen LogP contribution in [0.3, 0.4) is 0 Å². The summed E-state index contributed by atoms with van der Waals surface area (Å²) in [7, 11) is 0. The van der Waals surface area contributed by atoms with Crippen molar-refractivity contribution < 1.29 is 0 Å². The molecule has 0 aliphatic carbocycles. The Morgan fingerprint density at radius 1 is 1.38 bits per heavy atom. The van der Waals surface area contributed by atoms with Crippen molar-refractivity contribution in [1.29, 1.82) is 5.26 Å². The molecule has 3 nitrogen and oxygen atoms in total. The van der Waals surface area contributed by atoms with E-state index in [1.807, 2.05) is 19.9 Å². The lowest BCUT2D eigenvalue weighted by Crippen LogP contribution is -2.18. The molecule has 1 aromatic rings. The largest absolute Gasteiger partial charge is 0.316 e. The fraction of sp³-hybridized carbons (Fsp3) is 0.538. The number of nitrogens with zero attached hydrogens (tertiary/aromatic N) is 2. The van der Waals surface area contributed by atoms with Gasteiger partial charge in [0.1, 0.15) is 0 Å². The molecule has 0 bridgehead atoms. The number of rotatable bonds is 5. The summed E-state index contributed by atoms with van der Waals surface area (Å²) >= 11 is 0. The SMILES string of the molecule is CC(C)(C#N)CCCCn1ccccc1=O. The van der Waals surface area contributed by atoms with Gasteiger partial charge in [-0.3, -0.25) is 4.79 Å². The van der Waals surface area contributed by atoms with E-state index in [1.54, 1.807) is 22.9 Å². The molecule has 86 valence electrons. The van der Waals surface area contributed by atoms with Gasteiger partial charge in [0.2, 0.25) is 5.56 Å². The minimum Gasteiger partial charge on any atom is -0.316 e. The number of hydrogen-bond acceptors (Lipinski definition) is 2. The van der Waals surface area contributed by atoms with Crippen LogP contribution in [0.15, 0.2) is 29.2 Å². The fourth-order valence-electron chi connectivity index (χ4n) is 1.55. The Morgan fingerprint density at radius 2 is 2.12 bits per heavy atom. The van der Waals surface area contributed by atoms with Gasteiger partial charge >= 0.3 is 0 Å². The van der Waals surface area contributed by atoms with Gasteiger partial charge in [-0.05, 0) is 32.8 Å². The van der Waals surface area contributed by atoms with Crippen molar-refractivity contribution in [2.24, 2.45) is 5.41 Å². The Bertz CT molecular complexity index is 426. The Kier molecular flexibility index (Phi) is 4.30. The second-order valence-corrected chi connectivity index (χ2v) is 4.69. The predicted octanol–water partition coefficient (Wildman–Crippen LogP) is 2.57. The molecule has 0 N–H and O–H groups in total. The highest BCUT2D eigenvalue weighted by molar-refractivity contribution is 4.93. The average molecular weight is 218 g/mol. The molecule has 0 radical (unpaired) electrons. The van der Waals surface area contributed by atoms with E-state index in [2.05, 4.69) is 6.07 Å². The van der Waals surface area contributed by atoms with Gasteiger partial charge in [-0.2, -0.15) is 5.26 Å². The number of aryl methyl sites for hydroxylation is 1. The van der Waals surface area contributed by atoms with Crippen LogP contribution in [-0.2, 0) is 6.54 Å². The lowest BCUT2D eigenvalue weighted by molar-refractivity contribution is 0.415. The average Bonchev–Trinajstić information content (AvgIpc) is 2.27. The van der Waals surface area contributed by atoms with E-state index < -0.39 is 0 Å². The lowest BCUT2D eigenvalue weighted by atomic mass is 9.89. The first-order valence-corrected chi connectivity index (χ1v) is 5.62. The van der Waals surface area contributed by atoms with E-state index >= 15 is 0 Å². The zero-order chi connectivity index (χ0) is 12.0. The van der Waals surface area contributed by atoms with Crippen LogP contribution in [-0.4, -0.2) is 4.57 Å². The van der Waals surface area contributed by atoms with Crippen molar-refractivity contribution in [2.45, 2.75) is 39.7 Å². The van der Waals surface area contributed by atoms with Crippen LogP contribution in [0.4, 0.5) is 0 Å². The normalized spacial score (nSPS) is 11.1. The molecular weight excluding hydrogens is 200 g/mol. The number of hydrogen-bond donors (Lipinski definition) is 0. The molecule has 0 amide bonds. The molecule has 0 unspecified atom stereocenters. The zero-order valence-corrected chi connectivity index (χ0v) is 9.94. The molecular formula is C13H18N2O. The summed E-state index contributed by atoms with van der Waals surface area (Å²) < 4.78 is 1.71. The minimum atomic E-state index is -0.248. The molecule has 16 heavy (non-hydrogen) atoms. The number of nitriles is 1. The topological polar surface area (TPSA) is 45.8 Å². The molecule has 0 fully saturated rings. The van der Waals surface area contributed by atoms with Crippen LogP contribution in [0.1, 0.15) is 33.1 Å². The van der Waals surface area contributed by atoms with E-state index in [-0.39, 0.29) is 11.0 Å². The maximum atomic E-state index is 11.4. The van der Waals surface area contributed by atoms with E-state index in [0.717, 1.165) is 25.8 Å². The van der Waals surface area contributed by atoms with Gasteiger partial charge in [0.05, 0.1) is 11.5 Å². The number of aromatic nitrogens is 1. The van der Waals surface area contributed by atoms with Crippen molar-refractivity contribution in [3.8, 4) is 6.07 Å². The van der Waals surface area contributed by atoms with Gasteiger partial charge in [-0.1, -0.05) is 12.5 Å². The standard InChI is InChI=1S/C13H18N2O/c1-13(2,11-14)8-4-6-10-15-9-5-3-7-12(15)16/h3,5,7,9H,4,6,8,10H2,1-2H3. The van der Waals surface area contributed by atoms with Crippen molar-refractivity contribution in [3.63, 3.8) is 0 Å². The Balaban J connectivity index is 2.35. The lowest BCUT2D eigenvalue weighted by Gasteiger charge is -2.14. The molecule has 0 aliphatic rings. The molecule has 3 heteroatoms. The minimum absolute atomic E-state index is 0.0436. The molecule has 1 heterocycles. The van der Waals surface area contributed by atoms with Crippen molar-refractivity contribution >= 4 is 0 Å². The maximum Gasteiger partial charge on any atom is 0.250 e. The third-order valence-electron chi connectivity index (χ3n) is 2.65. The highest BCUT2D eigenvalue weighted by atomic mass is 16.1. The van der Waals surface area contributed by atoms with Gasteiger partial charge in [0.15, 0.2) is 0 Å². The van der Waals surface area contributed by atoms with Gasteiger partial charge in [-0.25, -0.2) is 0 Å². The van der Waals surface area contributed by atoms with E-state index in [1.165, 1.54) is 0 Å². The quantitative estimate of drug-likeness (QED) is 0.713. The second-order valence-electron chi connectivity index (χ2n) is 4.69. The van der Waals surface area contributed by atoms with Crippen LogP contribution in [0.25, 0.3) is 0 Å². The molecule has 0 aliphatic heterocycles. The first-order valence-electron chi connectivity index (χ1n) is 5.62. The number of unbranched alkanes of at least 4 members (excludes halogenated alkanes) is 1. The summed E-state index contributed by atoms with van der Waals surface area (Å²) in [6.45, 7) is 4.63. The van der Waals surface area contributed by atoms with Crippen LogP contribution in [0.5, 0.6) is 0 Å². The van der Waals surface area contributed by atoms with Crippen LogP contribution >= 0.6 is 0 Å². The molecule has 0 aromatic carbocycles. The zero-order valence-electron chi connectivity index (χ0n) is 9.94. The molecule has 0 spiro atoms. The fourth-order valence-corrected chi connectivity index (χ4v) is 1.55. The number of pyridine rings is 1. The first kappa shape index (κ1) is 12.5. The van der Waals surface area contributed by atoms with Gasteiger partial charge in [-0.15, -0.1) is 0 Å². The van der Waals surface area contributed by atoms with Gasteiger partial charge < -0.3 is 4.57 Å². The van der Waals surface area contributed by atoms with Crippen molar-refractivity contribution in [2.75, 3.05) is 0 Å². The molecule has 1 aromatic heterocycles. The maximum absolute atomic E-state index is 11.4. The van der Waals surface area contributed by atoms with Crippen LogP contribution < -0.4 is 5.56 Å². The van der Waals surface area contributed by atoms with Crippen LogP contribution in [0.2, 0.25) is 0 Å². The monoisotopic (exact) mass is 218 g/mol. The van der Waals surface area contributed by atoms with Gasteiger partial charge in [0, 0.05) is 18.8 Å². The van der Waals surface area contributed by atoms with E-state index in [4.69, 9.17) is 5.26 Å². The summed E-state index contributed by atoms with van der Waals surface area (Å²) in [6, 6.07) is 7.46. The third kappa shape index (κ3) is 3.90. The summed E-state index contributed by atoms with van der Waals surface area (Å²) in [5.41, 5.74) is -0.205. The second kappa shape index (κ2) is 5.50. The Labute approximate surface area is 96.3 Å². The first-order chi connectivity index (χ1) is 7.55. The summed E-state index contributed by atoms with van der Waals surface area (Å²) in [5, 5.41) is 8.85. The van der Waals surface area contributed by atoms with E-state index in [0.29, 0.717) is 0 Å². The molecule has 0 atom stereocenters. The smallest absolute Gasteiger partial charge is 0.250 e. The molecule has 1 rings (SSSR count). The summed E-state index contributed by atoms with van der Waals surface area (Å²) in [4.78, 5) is 11.4. The third-order valence-corrected chi connectivity index (χ3v) is 2.65. The van der Waals surface area contributed by atoms with Crippen molar-refractivity contribution in [3.05, 3.63) is 34.7 Å². The van der Waals surface area contributed by atoms with Crippen LogP contribution in [0, 0.1) is 16.7 Å². The highest BCUT2D eigenvalue weighted by Crippen LogP contribution is 2.21. The molecule has 0 saturated heterocycles. The molecule has 0 saturated carbocycles. The van der Waals surface area contributed by atoms with E-state index in [9.17, 15) is 4.79 Å². The predicted molar refractivity (Wildman–Crippen MR) is 63.9 cm³/mol. The van der Waals surface area contributed by atoms with Crippen molar-refractivity contribution in [1.82, 2.24) is 4.57 Å².